The Bertz CT molecular complexity index is 393. The molecule has 18 heavy (non-hydrogen) atoms. The second-order valence-electron chi connectivity index (χ2n) is 4.90. The molecular formula is C14H21NO2S. The van der Waals surface area contributed by atoms with E-state index in [2.05, 4.69) is 30.4 Å². The molecule has 1 unspecified atom stereocenters. The van der Waals surface area contributed by atoms with E-state index in [1.54, 1.807) is 11.8 Å². The first-order chi connectivity index (χ1) is 8.69. The maximum absolute atomic E-state index is 9.34. The Hall–Kier alpha value is -0.550. The molecule has 1 aliphatic rings. The lowest BCUT2D eigenvalue weighted by Crippen LogP contribution is -2.15. The number of nitrogens with one attached hydrogen (secondary N) is 1. The second kappa shape index (κ2) is 6.57. The molecule has 0 radical (unpaired) electrons. The predicted octanol–water partition coefficient (Wildman–Crippen LogP) is 1.69. The number of aliphatic hydroxyl groups is 2. The third-order valence-electron chi connectivity index (χ3n) is 3.05. The van der Waals surface area contributed by atoms with Crippen LogP contribution < -0.4 is 5.32 Å². The van der Waals surface area contributed by atoms with Crippen LogP contribution in [0.4, 0.5) is 0 Å². The number of aliphatic hydroxyl groups excluding tert-OH is 2. The Morgan fingerprint density at radius 2 is 2.22 bits per heavy atom. The normalized spacial score (nSPS) is 16.8. The second-order valence-corrected chi connectivity index (χ2v) is 5.96. The van der Waals surface area contributed by atoms with Crippen molar-refractivity contribution in [2.45, 2.75) is 43.4 Å². The summed E-state index contributed by atoms with van der Waals surface area (Å²) in [5.41, 5.74) is 2.55. The van der Waals surface area contributed by atoms with Gasteiger partial charge in [-0.1, -0.05) is 12.1 Å². The fourth-order valence-corrected chi connectivity index (χ4v) is 2.70. The van der Waals surface area contributed by atoms with Gasteiger partial charge < -0.3 is 15.5 Å². The lowest BCUT2D eigenvalue weighted by atomic mass is 10.1. The first-order valence-electron chi connectivity index (χ1n) is 6.43. The molecule has 1 atom stereocenters. The SMILES string of the molecule is Cc1cc(CNC2CC2)ccc1SCC(O)CO. The van der Waals surface area contributed by atoms with Gasteiger partial charge in [-0.05, 0) is 37.0 Å². The van der Waals surface area contributed by atoms with Gasteiger partial charge in [0.1, 0.15) is 0 Å². The molecule has 0 aliphatic heterocycles. The molecular weight excluding hydrogens is 246 g/mol. The average molecular weight is 267 g/mol. The van der Waals surface area contributed by atoms with Crippen LogP contribution in [0.15, 0.2) is 23.1 Å². The van der Waals surface area contributed by atoms with E-state index in [0.29, 0.717) is 5.75 Å². The summed E-state index contributed by atoms with van der Waals surface area (Å²) in [4.78, 5) is 1.18. The van der Waals surface area contributed by atoms with E-state index in [1.165, 1.54) is 28.9 Å². The van der Waals surface area contributed by atoms with Gasteiger partial charge in [-0.15, -0.1) is 11.8 Å². The van der Waals surface area contributed by atoms with Crippen LogP contribution in [-0.4, -0.2) is 34.7 Å². The molecule has 1 aromatic rings. The smallest absolute Gasteiger partial charge is 0.0864 e. The van der Waals surface area contributed by atoms with Crippen LogP contribution in [0.25, 0.3) is 0 Å². The van der Waals surface area contributed by atoms with E-state index < -0.39 is 6.10 Å². The molecule has 0 bridgehead atoms. The van der Waals surface area contributed by atoms with Gasteiger partial charge in [0.05, 0.1) is 12.7 Å². The Morgan fingerprint density at radius 3 is 2.83 bits per heavy atom. The van der Waals surface area contributed by atoms with Crippen LogP contribution in [0.5, 0.6) is 0 Å². The van der Waals surface area contributed by atoms with Gasteiger partial charge in [0.15, 0.2) is 0 Å². The van der Waals surface area contributed by atoms with Gasteiger partial charge in [-0.3, -0.25) is 0 Å². The fourth-order valence-electron chi connectivity index (χ4n) is 1.77. The lowest BCUT2D eigenvalue weighted by molar-refractivity contribution is 0.113. The standard InChI is InChI=1S/C14H21NO2S/c1-10-6-11(7-15-12-3-4-12)2-5-14(10)18-9-13(17)8-16/h2,5-6,12-13,15-17H,3-4,7-9H2,1H3. The summed E-state index contributed by atoms with van der Waals surface area (Å²) in [5.74, 6) is 0.539. The van der Waals surface area contributed by atoms with Crippen LogP contribution in [-0.2, 0) is 6.54 Å². The van der Waals surface area contributed by atoms with Crippen LogP contribution >= 0.6 is 11.8 Å². The van der Waals surface area contributed by atoms with E-state index >= 15 is 0 Å². The largest absolute Gasteiger partial charge is 0.394 e. The summed E-state index contributed by atoms with van der Waals surface area (Å²) in [6.45, 7) is 2.86. The molecule has 1 saturated carbocycles. The van der Waals surface area contributed by atoms with E-state index in [4.69, 9.17) is 5.11 Å². The highest BCUT2D eigenvalue weighted by molar-refractivity contribution is 7.99. The topological polar surface area (TPSA) is 52.5 Å². The van der Waals surface area contributed by atoms with Crippen molar-refractivity contribution in [2.75, 3.05) is 12.4 Å². The minimum absolute atomic E-state index is 0.171. The third kappa shape index (κ3) is 4.28. The van der Waals surface area contributed by atoms with Gasteiger partial charge >= 0.3 is 0 Å². The first-order valence-corrected chi connectivity index (χ1v) is 7.42. The van der Waals surface area contributed by atoms with Crippen molar-refractivity contribution in [3.63, 3.8) is 0 Å². The van der Waals surface area contributed by atoms with Gasteiger partial charge in [0, 0.05) is 23.2 Å². The molecule has 100 valence electrons. The summed E-state index contributed by atoms with van der Waals surface area (Å²) < 4.78 is 0. The summed E-state index contributed by atoms with van der Waals surface area (Å²) in [6.07, 6.45) is 1.99. The highest BCUT2D eigenvalue weighted by Crippen LogP contribution is 2.25. The molecule has 3 N–H and O–H groups in total. The molecule has 1 fully saturated rings. The number of hydrogen-bond donors (Lipinski definition) is 3. The fraction of sp³-hybridized carbons (Fsp3) is 0.571. The number of hydrogen-bond acceptors (Lipinski definition) is 4. The van der Waals surface area contributed by atoms with Crippen molar-refractivity contribution in [3.05, 3.63) is 29.3 Å². The monoisotopic (exact) mass is 267 g/mol. The molecule has 0 spiro atoms. The van der Waals surface area contributed by atoms with Crippen molar-refractivity contribution in [2.24, 2.45) is 0 Å². The first kappa shape index (κ1) is 13.9. The Balaban J connectivity index is 1.87. The van der Waals surface area contributed by atoms with Crippen molar-refractivity contribution in [3.8, 4) is 0 Å². The Morgan fingerprint density at radius 1 is 1.44 bits per heavy atom. The molecule has 0 aromatic heterocycles. The van der Waals surface area contributed by atoms with Gasteiger partial charge in [0.2, 0.25) is 0 Å². The number of aryl methyl sites for hydroxylation is 1. The minimum atomic E-state index is -0.634. The van der Waals surface area contributed by atoms with E-state index in [9.17, 15) is 5.11 Å². The quantitative estimate of drug-likeness (QED) is 0.658. The van der Waals surface area contributed by atoms with E-state index in [-0.39, 0.29) is 6.61 Å². The van der Waals surface area contributed by atoms with E-state index in [1.807, 2.05) is 0 Å². The van der Waals surface area contributed by atoms with Crippen molar-refractivity contribution in [1.82, 2.24) is 5.32 Å². The van der Waals surface area contributed by atoms with Gasteiger partial charge in [0.25, 0.3) is 0 Å². The van der Waals surface area contributed by atoms with Crippen molar-refractivity contribution >= 4 is 11.8 Å². The van der Waals surface area contributed by atoms with Crippen LogP contribution in [0, 0.1) is 6.92 Å². The molecule has 0 saturated heterocycles. The molecule has 4 heteroatoms. The summed E-state index contributed by atoms with van der Waals surface area (Å²) in [7, 11) is 0. The maximum Gasteiger partial charge on any atom is 0.0864 e. The Kier molecular flexibility index (Phi) is 5.06. The van der Waals surface area contributed by atoms with Gasteiger partial charge in [-0.25, -0.2) is 0 Å². The third-order valence-corrected chi connectivity index (χ3v) is 4.37. The summed E-state index contributed by atoms with van der Waals surface area (Å²) in [5, 5.41) is 21.6. The highest BCUT2D eigenvalue weighted by atomic mass is 32.2. The average Bonchev–Trinajstić information content (AvgIpc) is 3.18. The molecule has 0 heterocycles. The minimum Gasteiger partial charge on any atom is -0.394 e. The zero-order valence-corrected chi connectivity index (χ0v) is 11.5. The molecule has 2 rings (SSSR count). The van der Waals surface area contributed by atoms with Crippen LogP contribution in [0.3, 0.4) is 0 Å². The molecule has 3 nitrogen and oxygen atoms in total. The summed E-state index contributed by atoms with van der Waals surface area (Å²) >= 11 is 1.59. The van der Waals surface area contributed by atoms with Crippen LogP contribution in [0.1, 0.15) is 24.0 Å². The zero-order chi connectivity index (χ0) is 13.0. The van der Waals surface area contributed by atoms with Crippen molar-refractivity contribution in [1.29, 1.82) is 0 Å². The molecule has 1 aliphatic carbocycles. The number of thioether (sulfide) groups is 1. The Labute approximate surface area is 113 Å². The molecule has 0 amide bonds. The highest BCUT2D eigenvalue weighted by Gasteiger charge is 2.19. The van der Waals surface area contributed by atoms with E-state index in [0.717, 1.165) is 12.6 Å². The van der Waals surface area contributed by atoms with Crippen LogP contribution in [0.2, 0.25) is 0 Å². The summed E-state index contributed by atoms with van der Waals surface area (Å²) in [6, 6.07) is 7.17. The number of rotatable bonds is 7. The number of benzene rings is 1. The lowest BCUT2D eigenvalue weighted by Gasteiger charge is -2.11. The maximum atomic E-state index is 9.34. The zero-order valence-electron chi connectivity index (χ0n) is 10.7. The van der Waals surface area contributed by atoms with Crippen molar-refractivity contribution < 1.29 is 10.2 Å². The van der Waals surface area contributed by atoms with Gasteiger partial charge in [-0.2, -0.15) is 0 Å². The molecule has 1 aromatic carbocycles. The predicted molar refractivity (Wildman–Crippen MR) is 74.9 cm³/mol.